The zero-order chi connectivity index (χ0) is 17.4. The summed E-state index contributed by atoms with van der Waals surface area (Å²) in [7, 11) is 1.91. The van der Waals surface area contributed by atoms with Gasteiger partial charge in [-0.25, -0.2) is 0 Å². The van der Waals surface area contributed by atoms with Crippen LogP contribution in [-0.2, 0) is 19.9 Å². The average molecular weight is 344 g/mol. The highest BCUT2D eigenvalue weighted by Gasteiger charge is 2.36. The van der Waals surface area contributed by atoms with Gasteiger partial charge in [-0.15, -0.1) is 10.2 Å². The van der Waals surface area contributed by atoms with Gasteiger partial charge in [0.1, 0.15) is 12.2 Å². The van der Waals surface area contributed by atoms with E-state index in [0.717, 1.165) is 43.5 Å². The van der Waals surface area contributed by atoms with E-state index in [2.05, 4.69) is 15.5 Å². The predicted octanol–water partition coefficient (Wildman–Crippen LogP) is 1.57. The first-order valence-electron chi connectivity index (χ1n) is 9.03. The molecular formula is C18H24N4O3. The summed E-state index contributed by atoms with van der Waals surface area (Å²) in [6, 6.07) is 0. The Hall–Kier alpha value is -2.15. The van der Waals surface area contributed by atoms with E-state index in [1.165, 1.54) is 5.56 Å². The van der Waals surface area contributed by atoms with Crippen LogP contribution in [0.4, 0.5) is 0 Å². The summed E-state index contributed by atoms with van der Waals surface area (Å²) < 4.78 is 7.42. The number of aryl methyl sites for hydroxylation is 2. The van der Waals surface area contributed by atoms with Gasteiger partial charge in [0.2, 0.25) is 0 Å². The molecule has 2 N–H and O–H groups in total. The van der Waals surface area contributed by atoms with Gasteiger partial charge in [0.25, 0.3) is 5.91 Å². The molecule has 0 aromatic carbocycles. The molecule has 1 saturated carbocycles. The summed E-state index contributed by atoms with van der Waals surface area (Å²) in [5, 5.41) is 21.4. The zero-order valence-electron chi connectivity index (χ0n) is 14.4. The van der Waals surface area contributed by atoms with E-state index < -0.39 is 6.10 Å². The number of aliphatic hydroxyl groups is 1. The van der Waals surface area contributed by atoms with Crippen molar-refractivity contribution in [2.24, 2.45) is 13.0 Å². The zero-order valence-corrected chi connectivity index (χ0v) is 14.4. The molecule has 7 nitrogen and oxygen atoms in total. The van der Waals surface area contributed by atoms with Gasteiger partial charge in [0, 0.05) is 31.0 Å². The van der Waals surface area contributed by atoms with Crippen LogP contribution >= 0.6 is 0 Å². The summed E-state index contributed by atoms with van der Waals surface area (Å²) in [4.78, 5) is 12.5. The molecule has 25 heavy (non-hydrogen) atoms. The maximum absolute atomic E-state index is 12.5. The second kappa shape index (κ2) is 6.63. The van der Waals surface area contributed by atoms with Crippen molar-refractivity contribution < 1.29 is 14.3 Å². The highest BCUT2D eigenvalue weighted by atomic mass is 16.3. The molecule has 1 fully saturated rings. The number of aromatic nitrogens is 3. The first-order valence-corrected chi connectivity index (χ1v) is 9.03. The average Bonchev–Trinajstić information content (AvgIpc) is 3.31. The third-order valence-electron chi connectivity index (χ3n) is 5.60. The van der Waals surface area contributed by atoms with Crippen LogP contribution in [0.2, 0.25) is 0 Å². The Morgan fingerprint density at radius 3 is 3.04 bits per heavy atom. The molecular weight excluding hydrogens is 320 g/mol. The summed E-state index contributed by atoms with van der Waals surface area (Å²) in [5.41, 5.74) is 2.23. The van der Waals surface area contributed by atoms with Crippen molar-refractivity contribution >= 4 is 5.91 Å². The third-order valence-corrected chi connectivity index (χ3v) is 5.60. The normalized spacial score (nSPS) is 25.8. The number of rotatable bonds is 4. The van der Waals surface area contributed by atoms with E-state index in [1.807, 2.05) is 11.6 Å². The van der Waals surface area contributed by atoms with Crippen molar-refractivity contribution in [2.45, 2.75) is 50.5 Å². The van der Waals surface area contributed by atoms with Gasteiger partial charge >= 0.3 is 0 Å². The molecule has 7 heteroatoms. The number of hydrogen-bond donors (Lipinski definition) is 2. The minimum Gasteiger partial charge on any atom is -0.459 e. The molecule has 4 rings (SSSR count). The Morgan fingerprint density at radius 1 is 1.40 bits per heavy atom. The molecule has 1 amide bonds. The molecule has 2 aromatic rings. The molecule has 0 aliphatic heterocycles. The first kappa shape index (κ1) is 16.3. The van der Waals surface area contributed by atoms with Crippen molar-refractivity contribution in [2.75, 3.05) is 6.54 Å². The van der Waals surface area contributed by atoms with Crippen molar-refractivity contribution in [3.05, 3.63) is 35.3 Å². The number of nitrogens with one attached hydrogen (secondary N) is 1. The summed E-state index contributed by atoms with van der Waals surface area (Å²) in [6.07, 6.45) is 8.58. The minimum absolute atomic E-state index is 0.0245. The van der Waals surface area contributed by atoms with Crippen LogP contribution in [0.1, 0.15) is 59.1 Å². The summed E-state index contributed by atoms with van der Waals surface area (Å²) in [6.45, 7) is 0.448. The Balaban J connectivity index is 1.37. The fraction of sp³-hybridized carbons (Fsp3) is 0.611. The largest absolute Gasteiger partial charge is 0.459 e. The van der Waals surface area contributed by atoms with Crippen molar-refractivity contribution in [1.29, 1.82) is 0 Å². The summed E-state index contributed by atoms with van der Waals surface area (Å²) >= 11 is 0. The SMILES string of the molecule is Cn1cnnc1[C@H]1C[C@H](CNC(=O)c2occ3c2CCCC3)[C@H](O)C1. The number of carbonyl (C=O) groups excluding carboxylic acids is 1. The lowest BCUT2D eigenvalue weighted by Gasteiger charge is -2.15. The molecule has 2 aliphatic carbocycles. The van der Waals surface area contributed by atoms with E-state index in [4.69, 9.17) is 4.42 Å². The van der Waals surface area contributed by atoms with Crippen molar-refractivity contribution in [3.8, 4) is 0 Å². The standard InChI is InChI=1S/C18H24N4O3/c1-22-10-20-21-17(22)12-6-13(15(23)7-12)8-19-18(24)16-14-5-3-2-4-11(14)9-25-16/h9-10,12-13,15,23H,2-8H2,1H3,(H,19,24)/t12-,13+,15+/m0/s1. The molecule has 2 aromatic heterocycles. The molecule has 2 aliphatic rings. The third kappa shape index (κ3) is 3.08. The fourth-order valence-corrected chi connectivity index (χ4v) is 4.21. The maximum Gasteiger partial charge on any atom is 0.287 e. The Labute approximate surface area is 146 Å². The Morgan fingerprint density at radius 2 is 2.24 bits per heavy atom. The van der Waals surface area contributed by atoms with Gasteiger partial charge in [-0.05, 0) is 44.1 Å². The molecule has 0 bridgehead atoms. The van der Waals surface area contributed by atoms with Crippen LogP contribution in [0.15, 0.2) is 17.0 Å². The number of furan rings is 1. The molecule has 0 spiro atoms. The van der Waals surface area contributed by atoms with Crippen molar-refractivity contribution in [1.82, 2.24) is 20.1 Å². The quantitative estimate of drug-likeness (QED) is 0.878. The minimum atomic E-state index is -0.437. The van der Waals surface area contributed by atoms with Gasteiger partial charge in [-0.2, -0.15) is 0 Å². The number of hydrogen-bond acceptors (Lipinski definition) is 5. The molecule has 0 saturated heterocycles. The van der Waals surface area contributed by atoms with Crippen LogP contribution in [0.3, 0.4) is 0 Å². The molecule has 3 atom stereocenters. The van der Waals surface area contributed by atoms with Gasteiger partial charge < -0.3 is 19.4 Å². The van der Waals surface area contributed by atoms with Crippen LogP contribution in [0.5, 0.6) is 0 Å². The van der Waals surface area contributed by atoms with Gasteiger partial charge in [-0.3, -0.25) is 4.79 Å². The second-order valence-electron chi connectivity index (χ2n) is 7.28. The van der Waals surface area contributed by atoms with Crippen LogP contribution < -0.4 is 5.32 Å². The lowest BCUT2D eigenvalue weighted by molar-refractivity contribution is 0.0889. The summed E-state index contributed by atoms with van der Waals surface area (Å²) in [5.74, 6) is 1.38. The molecule has 2 heterocycles. The topological polar surface area (TPSA) is 93.2 Å². The lowest BCUT2D eigenvalue weighted by Crippen LogP contribution is -2.32. The Kier molecular flexibility index (Phi) is 4.33. The predicted molar refractivity (Wildman–Crippen MR) is 90.2 cm³/mol. The number of carbonyl (C=O) groups is 1. The van der Waals surface area contributed by atoms with Crippen LogP contribution in [0.25, 0.3) is 0 Å². The highest BCUT2D eigenvalue weighted by Crippen LogP contribution is 2.37. The van der Waals surface area contributed by atoms with Crippen LogP contribution in [-0.4, -0.2) is 38.4 Å². The fourth-order valence-electron chi connectivity index (χ4n) is 4.21. The highest BCUT2D eigenvalue weighted by molar-refractivity contribution is 5.93. The van der Waals surface area contributed by atoms with E-state index >= 15 is 0 Å². The Bertz CT molecular complexity index is 766. The smallest absolute Gasteiger partial charge is 0.287 e. The molecule has 134 valence electrons. The number of aliphatic hydroxyl groups excluding tert-OH is 1. The monoisotopic (exact) mass is 344 g/mol. The van der Waals surface area contributed by atoms with E-state index in [0.29, 0.717) is 18.7 Å². The first-order chi connectivity index (χ1) is 12.1. The lowest BCUT2D eigenvalue weighted by atomic mass is 9.93. The van der Waals surface area contributed by atoms with Gasteiger partial charge in [0.15, 0.2) is 5.76 Å². The number of nitrogens with zero attached hydrogens (tertiary/aromatic N) is 3. The maximum atomic E-state index is 12.5. The van der Waals surface area contributed by atoms with Crippen LogP contribution in [0, 0.1) is 5.92 Å². The van der Waals surface area contributed by atoms with E-state index in [9.17, 15) is 9.90 Å². The second-order valence-corrected chi connectivity index (χ2v) is 7.28. The van der Waals surface area contributed by atoms with Crippen molar-refractivity contribution in [3.63, 3.8) is 0 Å². The number of fused-ring (bicyclic) bond motifs is 1. The molecule has 0 unspecified atom stereocenters. The van der Waals surface area contributed by atoms with Gasteiger partial charge in [0.05, 0.1) is 12.4 Å². The van der Waals surface area contributed by atoms with E-state index in [-0.39, 0.29) is 17.7 Å². The van der Waals surface area contributed by atoms with Gasteiger partial charge in [-0.1, -0.05) is 0 Å². The van der Waals surface area contributed by atoms with E-state index in [1.54, 1.807) is 12.6 Å². The molecule has 0 radical (unpaired) electrons. The number of amides is 1.